The zero-order valence-corrected chi connectivity index (χ0v) is 13.7. The molecule has 0 aliphatic rings. The van der Waals surface area contributed by atoms with Crippen molar-refractivity contribution in [2.45, 2.75) is 46.6 Å². The summed E-state index contributed by atoms with van der Waals surface area (Å²) in [6.45, 7) is 11.3. The molecule has 0 fully saturated rings. The molecule has 0 saturated carbocycles. The van der Waals surface area contributed by atoms with Crippen molar-refractivity contribution in [1.82, 2.24) is 0 Å². The largest absolute Gasteiger partial charge is 0.489 e. The highest BCUT2D eigenvalue weighted by atomic mass is 16.5. The number of nitrogens with two attached hydrogens (primary N) is 1. The van der Waals surface area contributed by atoms with E-state index >= 15 is 0 Å². The number of anilines is 1. The molecule has 0 amide bonds. The van der Waals surface area contributed by atoms with Gasteiger partial charge in [0, 0.05) is 11.8 Å². The number of nitrogen functional groups attached to an aromatic ring is 1. The van der Waals surface area contributed by atoms with Crippen LogP contribution in [0.15, 0.2) is 36.4 Å². The average Bonchev–Trinajstić information content (AvgIpc) is 2.41. The standard InChI is InChI=1S/C19H25NO/c1-13-10-14(2)18(11-17(13)20)21-12-15-6-8-16(9-7-15)19(3,4)5/h6-11H,12,20H2,1-5H3. The van der Waals surface area contributed by atoms with Crippen LogP contribution in [0.5, 0.6) is 5.75 Å². The second-order valence-electron chi connectivity index (χ2n) is 6.71. The van der Waals surface area contributed by atoms with E-state index in [0.717, 1.165) is 22.6 Å². The van der Waals surface area contributed by atoms with E-state index in [1.54, 1.807) is 0 Å². The summed E-state index contributed by atoms with van der Waals surface area (Å²) in [5.41, 5.74) is 11.6. The van der Waals surface area contributed by atoms with E-state index in [-0.39, 0.29) is 5.41 Å². The van der Waals surface area contributed by atoms with Gasteiger partial charge in [-0.15, -0.1) is 0 Å². The van der Waals surface area contributed by atoms with Crippen LogP contribution in [0.1, 0.15) is 43.0 Å². The van der Waals surface area contributed by atoms with Crippen molar-refractivity contribution in [2.24, 2.45) is 0 Å². The topological polar surface area (TPSA) is 35.2 Å². The van der Waals surface area contributed by atoms with Gasteiger partial charge in [-0.1, -0.05) is 51.1 Å². The number of benzene rings is 2. The highest BCUT2D eigenvalue weighted by molar-refractivity contribution is 5.54. The molecule has 2 rings (SSSR count). The van der Waals surface area contributed by atoms with Crippen LogP contribution in [-0.2, 0) is 12.0 Å². The quantitative estimate of drug-likeness (QED) is 0.824. The summed E-state index contributed by atoms with van der Waals surface area (Å²) < 4.78 is 5.90. The zero-order chi connectivity index (χ0) is 15.6. The maximum atomic E-state index is 5.95. The van der Waals surface area contributed by atoms with Gasteiger partial charge in [-0.2, -0.15) is 0 Å². The van der Waals surface area contributed by atoms with Gasteiger partial charge < -0.3 is 10.5 Å². The van der Waals surface area contributed by atoms with Crippen molar-refractivity contribution < 1.29 is 4.74 Å². The Morgan fingerprint density at radius 3 is 2.14 bits per heavy atom. The monoisotopic (exact) mass is 283 g/mol. The summed E-state index contributed by atoms with van der Waals surface area (Å²) in [6.07, 6.45) is 0. The van der Waals surface area contributed by atoms with Crippen LogP contribution < -0.4 is 10.5 Å². The summed E-state index contributed by atoms with van der Waals surface area (Å²) in [7, 11) is 0. The summed E-state index contributed by atoms with van der Waals surface area (Å²) in [6, 6.07) is 12.6. The molecule has 0 atom stereocenters. The number of hydrogen-bond acceptors (Lipinski definition) is 2. The van der Waals surface area contributed by atoms with Crippen molar-refractivity contribution in [3.8, 4) is 5.75 Å². The maximum Gasteiger partial charge on any atom is 0.124 e. The third-order valence-electron chi connectivity index (χ3n) is 3.78. The van der Waals surface area contributed by atoms with Gasteiger partial charge in [0.15, 0.2) is 0 Å². The minimum Gasteiger partial charge on any atom is -0.489 e. The molecule has 112 valence electrons. The lowest BCUT2D eigenvalue weighted by Gasteiger charge is -2.19. The fraction of sp³-hybridized carbons (Fsp3) is 0.368. The second kappa shape index (κ2) is 5.80. The van der Waals surface area contributed by atoms with E-state index in [9.17, 15) is 0 Å². The van der Waals surface area contributed by atoms with Crippen LogP contribution in [0, 0.1) is 13.8 Å². The van der Waals surface area contributed by atoms with Gasteiger partial charge in [0.05, 0.1) is 0 Å². The molecular formula is C19H25NO. The molecule has 0 radical (unpaired) electrons. The fourth-order valence-electron chi connectivity index (χ4n) is 2.27. The third kappa shape index (κ3) is 3.78. The van der Waals surface area contributed by atoms with Crippen LogP contribution in [0.25, 0.3) is 0 Å². The Balaban J connectivity index is 2.08. The first-order valence-electron chi connectivity index (χ1n) is 7.36. The normalized spacial score (nSPS) is 11.5. The molecule has 0 spiro atoms. The Kier molecular flexibility index (Phi) is 4.26. The molecule has 21 heavy (non-hydrogen) atoms. The van der Waals surface area contributed by atoms with Crippen molar-refractivity contribution in [1.29, 1.82) is 0 Å². The lowest BCUT2D eigenvalue weighted by atomic mass is 9.87. The first-order chi connectivity index (χ1) is 9.77. The lowest BCUT2D eigenvalue weighted by Crippen LogP contribution is -2.10. The first-order valence-corrected chi connectivity index (χ1v) is 7.36. The van der Waals surface area contributed by atoms with Crippen molar-refractivity contribution in [2.75, 3.05) is 5.73 Å². The molecule has 2 aromatic rings. The van der Waals surface area contributed by atoms with Gasteiger partial charge in [0.25, 0.3) is 0 Å². The SMILES string of the molecule is Cc1cc(C)c(OCc2ccc(C(C)(C)C)cc2)cc1N. The average molecular weight is 283 g/mol. The molecule has 0 saturated heterocycles. The van der Waals surface area contributed by atoms with E-state index in [1.807, 2.05) is 19.9 Å². The van der Waals surface area contributed by atoms with Gasteiger partial charge in [-0.25, -0.2) is 0 Å². The van der Waals surface area contributed by atoms with E-state index in [1.165, 1.54) is 11.1 Å². The van der Waals surface area contributed by atoms with E-state index in [2.05, 4.69) is 51.1 Å². The minimum absolute atomic E-state index is 0.182. The zero-order valence-electron chi connectivity index (χ0n) is 13.7. The minimum atomic E-state index is 0.182. The predicted molar refractivity (Wildman–Crippen MR) is 89.8 cm³/mol. The van der Waals surface area contributed by atoms with E-state index < -0.39 is 0 Å². The van der Waals surface area contributed by atoms with E-state index in [0.29, 0.717) is 6.61 Å². The van der Waals surface area contributed by atoms with Crippen molar-refractivity contribution >= 4 is 5.69 Å². The molecule has 0 heterocycles. The van der Waals surface area contributed by atoms with Crippen LogP contribution >= 0.6 is 0 Å². The first kappa shape index (κ1) is 15.4. The molecule has 0 bridgehead atoms. The van der Waals surface area contributed by atoms with Crippen LogP contribution in [-0.4, -0.2) is 0 Å². The van der Waals surface area contributed by atoms with Gasteiger partial charge in [0.1, 0.15) is 12.4 Å². The number of ether oxygens (including phenoxy) is 1. The maximum absolute atomic E-state index is 5.95. The number of hydrogen-bond donors (Lipinski definition) is 1. The molecule has 2 nitrogen and oxygen atoms in total. The fourth-order valence-corrected chi connectivity index (χ4v) is 2.27. The van der Waals surface area contributed by atoms with Crippen molar-refractivity contribution in [3.63, 3.8) is 0 Å². The Labute approximate surface area is 127 Å². The van der Waals surface area contributed by atoms with E-state index in [4.69, 9.17) is 10.5 Å². The second-order valence-corrected chi connectivity index (χ2v) is 6.71. The third-order valence-corrected chi connectivity index (χ3v) is 3.78. The van der Waals surface area contributed by atoms with Gasteiger partial charge in [0.2, 0.25) is 0 Å². The Hall–Kier alpha value is -1.96. The molecule has 2 heteroatoms. The summed E-state index contributed by atoms with van der Waals surface area (Å²) in [4.78, 5) is 0. The summed E-state index contributed by atoms with van der Waals surface area (Å²) >= 11 is 0. The molecule has 0 aromatic heterocycles. The molecule has 2 N–H and O–H groups in total. The van der Waals surface area contributed by atoms with Crippen LogP contribution in [0.2, 0.25) is 0 Å². The molecule has 0 unspecified atom stereocenters. The molecule has 0 aliphatic carbocycles. The Bertz CT molecular complexity index is 621. The van der Waals surface area contributed by atoms with Crippen molar-refractivity contribution in [3.05, 3.63) is 58.7 Å². The molecule has 2 aromatic carbocycles. The Morgan fingerprint density at radius 1 is 0.952 bits per heavy atom. The summed E-state index contributed by atoms with van der Waals surface area (Å²) in [5.74, 6) is 0.859. The van der Waals surface area contributed by atoms with Crippen LogP contribution in [0.3, 0.4) is 0 Å². The predicted octanol–water partition coefficient (Wildman–Crippen LogP) is 4.76. The summed E-state index contributed by atoms with van der Waals surface area (Å²) in [5, 5.41) is 0. The smallest absolute Gasteiger partial charge is 0.124 e. The van der Waals surface area contributed by atoms with Crippen LogP contribution in [0.4, 0.5) is 5.69 Å². The lowest BCUT2D eigenvalue weighted by molar-refractivity contribution is 0.304. The highest BCUT2D eigenvalue weighted by Gasteiger charge is 2.13. The highest BCUT2D eigenvalue weighted by Crippen LogP contribution is 2.26. The molecule has 0 aliphatic heterocycles. The number of aryl methyl sites for hydroxylation is 2. The molecular weight excluding hydrogens is 258 g/mol. The number of rotatable bonds is 3. The van der Waals surface area contributed by atoms with Gasteiger partial charge in [-0.05, 0) is 41.5 Å². The van der Waals surface area contributed by atoms with Gasteiger partial charge >= 0.3 is 0 Å². The Morgan fingerprint density at radius 2 is 1.57 bits per heavy atom. The van der Waals surface area contributed by atoms with Gasteiger partial charge in [-0.3, -0.25) is 0 Å².